The number of nitro benzene ring substituents is 1. The van der Waals surface area contributed by atoms with Crippen LogP contribution in [0.15, 0.2) is 98.8 Å². The molecule has 42 heavy (non-hydrogen) atoms. The number of hydrogen-bond donors (Lipinski definition) is 0. The standard InChI is InChI=1S/C30H23N3O8S/c1-4-15-40-29(36)25-17(2)31-30-32(26(25)18-9-11-19(12-10-18)28(35)39-3)27(34)24(42-30)16-20-13-14-23(41-20)21-7-5-6-8-22(21)33(37)38/h4-14,16,26H,1,15H2,2-3H3. The van der Waals surface area contributed by atoms with Crippen molar-refractivity contribution in [1.29, 1.82) is 0 Å². The Labute approximate surface area is 242 Å². The second kappa shape index (κ2) is 11.6. The molecule has 212 valence electrons. The number of furan rings is 1. The van der Waals surface area contributed by atoms with E-state index in [0.717, 1.165) is 11.3 Å². The second-order valence-corrected chi connectivity index (χ2v) is 10.1. The number of carbonyl (C=O) groups excluding carboxylic acids is 2. The fourth-order valence-corrected chi connectivity index (χ4v) is 5.60. The molecule has 1 atom stereocenters. The van der Waals surface area contributed by atoms with Crippen molar-refractivity contribution in [3.8, 4) is 11.3 Å². The van der Waals surface area contributed by atoms with Gasteiger partial charge in [-0.25, -0.2) is 14.6 Å². The van der Waals surface area contributed by atoms with Crippen LogP contribution in [0.2, 0.25) is 0 Å². The molecule has 3 heterocycles. The van der Waals surface area contributed by atoms with Gasteiger partial charge in [-0.3, -0.25) is 19.5 Å². The summed E-state index contributed by atoms with van der Waals surface area (Å²) in [7, 11) is 1.27. The van der Waals surface area contributed by atoms with Crippen LogP contribution in [0.25, 0.3) is 17.4 Å². The van der Waals surface area contributed by atoms with Crippen molar-refractivity contribution in [2.75, 3.05) is 13.7 Å². The van der Waals surface area contributed by atoms with E-state index in [1.54, 1.807) is 61.5 Å². The quantitative estimate of drug-likeness (QED) is 0.131. The summed E-state index contributed by atoms with van der Waals surface area (Å²) in [5.41, 5.74) is 1.14. The lowest BCUT2D eigenvalue weighted by Gasteiger charge is -2.24. The van der Waals surface area contributed by atoms with Gasteiger partial charge in [0.15, 0.2) is 4.80 Å². The molecular formula is C30H23N3O8S. The highest BCUT2D eigenvalue weighted by Crippen LogP contribution is 2.32. The zero-order valence-electron chi connectivity index (χ0n) is 22.4. The molecule has 1 unspecified atom stereocenters. The van der Waals surface area contributed by atoms with Crippen LogP contribution < -0.4 is 14.9 Å². The van der Waals surface area contributed by atoms with Crippen molar-refractivity contribution >= 4 is 35.0 Å². The topological polar surface area (TPSA) is 143 Å². The SMILES string of the molecule is C=CCOC(=O)C1=C(C)N=c2sc(=Cc3ccc(-c4ccccc4[N+](=O)[O-])o3)c(=O)n2C1c1ccc(C(=O)OC)cc1. The van der Waals surface area contributed by atoms with Gasteiger partial charge in [-0.15, -0.1) is 0 Å². The molecular weight excluding hydrogens is 562 g/mol. The molecule has 0 spiro atoms. The molecule has 0 aliphatic carbocycles. The van der Waals surface area contributed by atoms with E-state index in [-0.39, 0.29) is 28.2 Å². The summed E-state index contributed by atoms with van der Waals surface area (Å²) in [4.78, 5) is 54.8. The Morgan fingerprint density at radius 2 is 1.88 bits per heavy atom. The molecule has 5 rings (SSSR count). The summed E-state index contributed by atoms with van der Waals surface area (Å²) < 4.78 is 17.6. The summed E-state index contributed by atoms with van der Waals surface area (Å²) >= 11 is 1.10. The van der Waals surface area contributed by atoms with Crippen molar-refractivity contribution in [3.63, 3.8) is 0 Å². The normalized spacial score (nSPS) is 14.6. The summed E-state index contributed by atoms with van der Waals surface area (Å²) in [6.07, 6.45) is 2.96. The third-order valence-corrected chi connectivity index (χ3v) is 7.47. The van der Waals surface area contributed by atoms with E-state index in [4.69, 9.17) is 13.9 Å². The number of esters is 2. The van der Waals surface area contributed by atoms with Gasteiger partial charge in [0.05, 0.1) is 45.0 Å². The number of ether oxygens (including phenoxy) is 2. The Balaban J connectivity index is 1.62. The summed E-state index contributed by atoms with van der Waals surface area (Å²) in [6, 6.07) is 14.9. The van der Waals surface area contributed by atoms with E-state index in [9.17, 15) is 24.5 Å². The van der Waals surface area contributed by atoms with Gasteiger partial charge in [-0.1, -0.05) is 48.3 Å². The lowest BCUT2D eigenvalue weighted by molar-refractivity contribution is -0.384. The maximum Gasteiger partial charge on any atom is 0.338 e. The van der Waals surface area contributed by atoms with Crippen LogP contribution in [0.3, 0.4) is 0 Å². The molecule has 11 nitrogen and oxygen atoms in total. The van der Waals surface area contributed by atoms with Crippen LogP contribution in [-0.4, -0.2) is 35.1 Å². The summed E-state index contributed by atoms with van der Waals surface area (Å²) in [6.45, 7) is 5.20. The summed E-state index contributed by atoms with van der Waals surface area (Å²) in [5.74, 6) is -0.615. The maximum atomic E-state index is 13.8. The number of rotatable bonds is 8. The number of carbonyl (C=O) groups is 2. The highest BCUT2D eigenvalue weighted by Gasteiger charge is 2.33. The molecule has 0 saturated carbocycles. The molecule has 2 aromatic carbocycles. The first-order chi connectivity index (χ1) is 20.2. The van der Waals surface area contributed by atoms with Crippen molar-refractivity contribution in [2.45, 2.75) is 13.0 Å². The van der Waals surface area contributed by atoms with E-state index in [2.05, 4.69) is 11.6 Å². The van der Waals surface area contributed by atoms with Crippen molar-refractivity contribution in [1.82, 2.24) is 4.57 Å². The van der Waals surface area contributed by atoms with E-state index in [1.165, 1.54) is 29.9 Å². The zero-order valence-corrected chi connectivity index (χ0v) is 23.3. The molecule has 2 aromatic heterocycles. The van der Waals surface area contributed by atoms with Gasteiger partial charge in [0, 0.05) is 12.1 Å². The maximum absolute atomic E-state index is 13.8. The smallest absolute Gasteiger partial charge is 0.338 e. The van der Waals surface area contributed by atoms with Crippen LogP contribution in [0.1, 0.15) is 34.6 Å². The van der Waals surface area contributed by atoms with Gasteiger partial charge in [0.2, 0.25) is 0 Å². The van der Waals surface area contributed by atoms with Gasteiger partial charge < -0.3 is 13.9 Å². The highest BCUT2D eigenvalue weighted by atomic mass is 32.1. The number of nitrogens with zero attached hydrogens (tertiary/aromatic N) is 3. The average molecular weight is 586 g/mol. The first-order valence-corrected chi connectivity index (χ1v) is 13.4. The van der Waals surface area contributed by atoms with Gasteiger partial charge in [0.25, 0.3) is 11.2 Å². The minimum Gasteiger partial charge on any atom is -0.465 e. The molecule has 4 aromatic rings. The molecule has 1 aliphatic heterocycles. The Kier molecular flexibility index (Phi) is 7.80. The first-order valence-electron chi connectivity index (χ1n) is 12.6. The minimum atomic E-state index is -0.897. The van der Waals surface area contributed by atoms with Crippen molar-refractivity contribution in [2.24, 2.45) is 4.99 Å². The monoisotopic (exact) mass is 585 g/mol. The number of allylic oxidation sites excluding steroid dienone is 1. The first kappa shape index (κ1) is 28.2. The van der Waals surface area contributed by atoms with Gasteiger partial charge in [-0.2, -0.15) is 0 Å². The van der Waals surface area contributed by atoms with Crippen LogP contribution in [0.4, 0.5) is 5.69 Å². The molecule has 0 saturated heterocycles. The average Bonchev–Trinajstić information content (AvgIpc) is 3.58. The predicted molar refractivity (Wildman–Crippen MR) is 154 cm³/mol. The van der Waals surface area contributed by atoms with Gasteiger partial charge in [-0.05, 0) is 42.8 Å². The number of methoxy groups -OCH3 is 1. The summed E-state index contributed by atoms with van der Waals surface area (Å²) in [5, 5.41) is 11.5. The van der Waals surface area contributed by atoms with Crippen LogP contribution in [0.5, 0.6) is 0 Å². The van der Waals surface area contributed by atoms with E-state index in [1.807, 2.05) is 0 Å². The fourth-order valence-electron chi connectivity index (χ4n) is 4.58. The highest BCUT2D eigenvalue weighted by molar-refractivity contribution is 7.07. The van der Waals surface area contributed by atoms with E-state index < -0.39 is 28.5 Å². The number of nitro groups is 1. The third-order valence-electron chi connectivity index (χ3n) is 6.49. The molecule has 0 N–H and O–H groups in total. The largest absolute Gasteiger partial charge is 0.465 e. The van der Waals surface area contributed by atoms with Crippen LogP contribution in [-0.2, 0) is 14.3 Å². The van der Waals surface area contributed by atoms with Crippen molar-refractivity contribution in [3.05, 3.63) is 131 Å². The molecule has 12 heteroatoms. The number of hydrogen-bond acceptors (Lipinski definition) is 10. The Hall–Kier alpha value is -5.36. The molecule has 0 bridgehead atoms. The molecule has 1 aliphatic rings. The number of thiazole rings is 1. The van der Waals surface area contributed by atoms with E-state index >= 15 is 0 Å². The zero-order chi connectivity index (χ0) is 30.0. The number of para-hydroxylation sites is 1. The Morgan fingerprint density at radius 1 is 1.14 bits per heavy atom. The van der Waals surface area contributed by atoms with Crippen LogP contribution >= 0.6 is 11.3 Å². The predicted octanol–water partition coefficient (Wildman–Crippen LogP) is 3.92. The lowest BCUT2D eigenvalue weighted by Crippen LogP contribution is -2.40. The third kappa shape index (κ3) is 5.22. The molecule has 0 amide bonds. The molecule has 0 radical (unpaired) electrons. The van der Waals surface area contributed by atoms with E-state index in [0.29, 0.717) is 32.9 Å². The van der Waals surface area contributed by atoms with Gasteiger partial charge >= 0.3 is 11.9 Å². The Morgan fingerprint density at radius 3 is 2.57 bits per heavy atom. The fraction of sp³-hybridized carbons (Fsp3) is 0.133. The number of aromatic nitrogens is 1. The Bertz CT molecular complexity index is 1950. The number of benzene rings is 2. The lowest BCUT2D eigenvalue weighted by atomic mass is 9.95. The van der Waals surface area contributed by atoms with Crippen molar-refractivity contribution < 1.29 is 28.4 Å². The number of fused-ring (bicyclic) bond motifs is 1. The minimum absolute atomic E-state index is 0.0333. The van der Waals surface area contributed by atoms with Gasteiger partial charge in [0.1, 0.15) is 18.1 Å². The molecule has 0 fully saturated rings. The second-order valence-electron chi connectivity index (χ2n) is 9.06. The van der Waals surface area contributed by atoms with Crippen LogP contribution in [0, 0.1) is 10.1 Å².